The SMILES string of the molecule is CCCc1ccc([C@@H](O)[C@@H](CN2CCCC2)NC(=O)OCc2ccccc2)cc1. The van der Waals surface area contributed by atoms with E-state index in [1.165, 1.54) is 5.56 Å². The highest BCUT2D eigenvalue weighted by molar-refractivity contribution is 5.67. The van der Waals surface area contributed by atoms with Crippen LogP contribution in [0.15, 0.2) is 54.6 Å². The number of aliphatic hydroxyl groups is 1. The molecule has 1 aliphatic rings. The number of nitrogens with one attached hydrogen (secondary N) is 1. The molecule has 1 aliphatic heterocycles. The molecular weight excluding hydrogens is 364 g/mol. The Morgan fingerprint density at radius 2 is 1.76 bits per heavy atom. The summed E-state index contributed by atoms with van der Waals surface area (Å²) in [5, 5.41) is 13.9. The van der Waals surface area contributed by atoms with Crippen molar-refractivity contribution >= 4 is 6.09 Å². The molecular formula is C24H32N2O3. The largest absolute Gasteiger partial charge is 0.445 e. The van der Waals surface area contributed by atoms with E-state index in [9.17, 15) is 9.90 Å². The maximum Gasteiger partial charge on any atom is 0.407 e. The molecule has 2 atom stereocenters. The lowest BCUT2D eigenvalue weighted by molar-refractivity contribution is 0.0882. The molecule has 1 heterocycles. The summed E-state index contributed by atoms with van der Waals surface area (Å²) in [5.41, 5.74) is 3.01. The lowest BCUT2D eigenvalue weighted by Crippen LogP contribution is -2.46. The van der Waals surface area contributed by atoms with Crippen LogP contribution in [0.3, 0.4) is 0 Å². The number of hydrogen-bond donors (Lipinski definition) is 2. The van der Waals surface area contributed by atoms with Gasteiger partial charge in [-0.15, -0.1) is 0 Å². The van der Waals surface area contributed by atoms with Gasteiger partial charge in [-0.2, -0.15) is 0 Å². The van der Waals surface area contributed by atoms with Gasteiger partial charge in [-0.05, 0) is 49.0 Å². The van der Waals surface area contributed by atoms with Gasteiger partial charge in [-0.25, -0.2) is 4.79 Å². The number of likely N-dealkylation sites (tertiary alicyclic amines) is 1. The lowest BCUT2D eigenvalue weighted by atomic mass is 9.99. The minimum absolute atomic E-state index is 0.213. The van der Waals surface area contributed by atoms with E-state index in [0.717, 1.165) is 49.9 Å². The predicted octanol–water partition coefficient (Wildman–Crippen LogP) is 4.06. The van der Waals surface area contributed by atoms with Crippen LogP contribution in [0.1, 0.15) is 49.0 Å². The Bertz CT molecular complexity index is 742. The number of nitrogens with zero attached hydrogens (tertiary/aromatic N) is 1. The first-order chi connectivity index (χ1) is 14.2. The van der Waals surface area contributed by atoms with E-state index in [1.807, 2.05) is 42.5 Å². The molecule has 0 unspecified atom stereocenters. The van der Waals surface area contributed by atoms with Gasteiger partial charge in [0.25, 0.3) is 0 Å². The molecule has 1 fully saturated rings. The lowest BCUT2D eigenvalue weighted by Gasteiger charge is -2.28. The van der Waals surface area contributed by atoms with Gasteiger partial charge in [0.1, 0.15) is 12.7 Å². The number of carbonyl (C=O) groups excluding carboxylic acids is 1. The van der Waals surface area contributed by atoms with Crippen LogP contribution in [0.25, 0.3) is 0 Å². The summed E-state index contributed by atoms with van der Waals surface area (Å²) < 4.78 is 5.38. The minimum atomic E-state index is -0.782. The molecule has 0 radical (unpaired) electrons. The predicted molar refractivity (Wildman–Crippen MR) is 115 cm³/mol. The molecule has 156 valence electrons. The molecule has 3 rings (SSSR count). The van der Waals surface area contributed by atoms with E-state index in [-0.39, 0.29) is 6.61 Å². The van der Waals surface area contributed by atoms with Crippen LogP contribution in [0, 0.1) is 0 Å². The normalized spacial score (nSPS) is 16.3. The van der Waals surface area contributed by atoms with E-state index in [4.69, 9.17) is 4.74 Å². The highest BCUT2D eigenvalue weighted by Gasteiger charge is 2.27. The summed E-state index contributed by atoms with van der Waals surface area (Å²) in [6.07, 6.45) is 3.15. The Morgan fingerprint density at radius 3 is 2.41 bits per heavy atom. The Hall–Kier alpha value is -2.37. The number of hydrogen-bond acceptors (Lipinski definition) is 4. The number of ether oxygens (including phenoxy) is 1. The molecule has 2 aromatic rings. The quantitative estimate of drug-likeness (QED) is 0.671. The molecule has 5 nitrogen and oxygen atoms in total. The monoisotopic (exact) mass is 396 g/mol. The van der Waals surface area contributed by atoms with Gasteiger partial charge < -0.3 is 20.1 Å². The second-order valence-corrected chi connectivity index (χ2v) is 7.76. The number of carbonyl (C=O) groups is 1. The molecule has 0 aliphatic carbocycles. The first kappa shape index (κ1) is 21.3. The van der Waals surface area contributed by atoms with Gasteiger partial charge in [0.05, 0.1) is 6.04 Å². The number of aryl methyl sites for hydroxylation is 1. The molecule has 1 amide bonds. The smallest absolute Gasteiger partial charge is 0.407 e. The van der Waals surface area contributed by atoms with Gasteiger partial charge in [0.15, 0.2) is 0 Å². The summed E-state index contributed by atoms with van der Waals surface area (Å²) in [6.45, 7) is 4.97. The Kier molecular flexibility index (Phi) is 8.08. The van der Waals surface area contributed by atoms with Crippen molar-refractivity contribution in [2.45, 2.75) is 51.4 Å². The molecule has 0 saturated carbocycles. The average molecular weight is 397 g/mol. The van der Waals surface area contributed by atoms with E-state index in [0.29, 0.717) is 6.54 Å². The molecule has 0 bridgehead atoms. The van der Waals surface area contributed by atoms with Gasteiger partial charge >= 0.3 is 6.09 Å². The zero-order chi connectivity index (χ0) is 20.5. The summed E-state index contributed by atoms with van der Waals surface area (Å²) in [6, 6.07) is 17.2. The van der Waals surface area contributed by atoms with Crippen LogP contribution in [0.4, 0.5) is 4.79 Å². The van der Waals surface area contributed by atoms with Crippen LogP contribution < -0.4 is 5.32 Å². The summed E-state index contributed by atoms with van der Waals surface area (Å²) in [5.74, 6) is 0. The fourth-order valence-electron chi connectivity index (χ4n) is 3.79. The average Bonchev–Trinajstić information content (AvgIpc) is 3.26. The van der Waals surface area contributed by atoms with Gasteiger partial charge in [-0.3, -0.25) is 0 Å². The molecule has 29 heavy (non-hydrogen) atoms. The third-order valence-electron chi connectivity index (χ3n) is 5.41. The maximum atomic E-state index is 12.4. The Balaban J connectivity index is 1.63. The molecule has 0 aromatic heterocycles. The van der Waals surface area contributed by atoms with Gasteiger partial charge in [-0.1, -0.05) is 67.9 Å². The Labute approximate surface area is 173 Å². The second kappa shape index (κ2) is 11.0. The maximum absolute atomic E-state index is 12.4. The zero-order valence-corrected chi connectivity index (χ0v) is 17.2. The third kappa shape index (κ3) is 6.58. The molecule has 2 N–H and O–H groups in total. The first-order valence-electron chi connectivity index (χ1n) is 10.6. The van der Waals surface area contributed by atoms with Crippen LogP contribution >= 0.6 is 0 Å². The van der Waals surface area contributed by atoms with Gasteiger partial charge in [0, 0.05) is 6.54 Å². The number of benzene rings is 2. The topological polar surface area (TPSA) is 61.8 Å². The summed E-state index contributed by atoms with van der Waals surface area (Å²) in [7, 11) is 0. The second-order valence-electron chi connectivity index (χ2n) is 7.76. The number of rotatable bonds is 9. The molecule has 1 saturated heterocycles. The van der Waals surface area contributed by atoms with Crippen molar-refractivity contribution in [3.05, 3.63) is 71.3 Å². The van der Waals surface area contributed by atoms with E-state index >= 15 is 0 Å². The van der Waals surface area contributed by atoms with Crippen molar-refractivity contribution in [3.63, 3.8) is 0 Å². The highest BCUT2D eigenvalue weighted by Crippen LogP contribution is 2.21. The molecule has 5 heteroatoms. The first-order valence-corrected chi connectivity index (χ1v) is 10.6. The van der Waals surface area contributed by atoms with Crippen LogP contribution in [0.5, 0.6) is 0 Å². The van der Waals surface area contributed by atoms with Crippen molar-refractivity contribution in [2.24, 2.45) is 0 Å². The molecule has 2 aromatic carbocycles. The van der Waals surface area contributed by atoms with E-state index in [1.54, 1.807) is 0 Å². The van der Waals surface area contributed by atoms with Crippen molar-refractivity contribution in [1.82, 2.24) is 10.2 Å². The zero-order valence-electron chi connectivity index (χ0n) is 17.2. The van der Waals surface area contributed by atoms with Crippen LogP contribution in [-0.2, 0) is 17.8 Å². The number of alkyl carbamates (subject to hydrolysis) is 1. The number of aliphatic hydroxyl groups excluding tert-OH is 1. The third-order valence-corrected chi connectivity index (χ3v) is 5.41. The Morgan fingerprint density at radius 1 is 1.07 bits per heavy atom. The fourth-order valence-corrected chi connectivity index (χ4v) is 3.79. The van der Waals surface area contributed by atoms with Crippen molar-refractivity contribution in [1.29, 1.82) is 0 Å². The van der Waals surface area contributed by atoms with Crippen LogP contribution in [0.2, 0.25) is 0 Å². The van der Waals surface area contributed by atoms with E-state index < -0.39 is 18.2 Å². The fraction of sp³-hybridized carbons (Fsp3) is 0.458. The number of amides is 1. The summed E-state index contributed by atoms with van der Waals surface area (Å²) >= 11 is 0. The van der Waals surface area contributed by atoms with Gasteiger partial charge in [0.2, 0.25) is 0 Å². The van der Waals surface area contributed by atoms with Crippen molar-refractivity contribution in [2.75, 3.05) is 19.6 Å². The van der Waals surface area contributed by atoms with E-state index in [2.05, 4.69) is 29.3 Å². The highest BCUT2D eigenvalue weighted by atomic mass is 16.5. The summed E-state index contributed by atoms with van der Waals surface area (Å²) in [4.78, 5) is 14.7. The standard InChI is InChI=1S/C24H32N2O3/c1-2-8-19-11-13-21(14-12-19)23(27)22(17-26-15-6-7-16-26)25-24(28)29-18-20-9-4-3-5-10-20/h3-5,9-14,22-23,27H,2,6-8,15-18H2,1H3,(H,25,28)/t22-,23-/m1/s1. The molecule has 0 spiro atoms. The van der Waals surface area contributed by atoms with Crippen LogP contribution in [-0.4, -0.2) is 41.8 Å². The van der Waals surface area contributed by atoms with Crippen molar-refractivity contribution < 1.29 is 14.6 Å². The van der Waals surface area contributed by atoms with Crippen molar-refractivity contribution in [3.8, 4) is 0 Å². The minimum Gasteiger partial charge on any atom is -0.445 e.